The van der Waals surface area contributed by atoms with E-state index in [2.05, 4.69) is 26.6 Å². The lowest BCUT2D eigenvalue weighted by Crippen LogP contribution is -2.39. The van der Waals surface area contributed by atoms with Crippen molar-refractivity contribution >= 4 is 33.2 Å². The van der Waals surface area contributed by atoms with E-state index in [1.165, 1.54) is 12.1 Å². The Bertz CT molecular complexity index is 514. The van der Waals surface area contributed by atoms with E-state index in [0.717, 1.165) is 32.2 Å². The molecule has 1 aromatic rings. The minimum atomic E-state index is -0.499. The number of rotatable bonds is 3. The van der Waals surface area contributed by atoms with Crippen molar-refractivity contribution < 1.29 is 9.72 Å². The van der Waals surface area contributed by atoms with E-state index in [9.17, 15) is 14.9 Å². The molecule has 108 valence electrons. The van der Waals surface area contributed by atoms with Crippen LogP contribution in [0.4, 0.5) is 11.4 Å². The zero-order chi connectivity index (χ0) is 14.5. The van der Waals surface area contributed by atoms with E-state index in [0.29, 0.717) is 4.47 Å². The maximum absolute atomic E-state index is 12.2. The Balaban J connectivity index is 2.12. The van der Waals surface area contributed by atoms with Gasteiger partial charge in [-0.3, -0.25) is 14.9 Å². The third kappa shape index (κ3) is 3.77. The number of anilines is 1. The molecular formula is C13H16BrN3O3. The molecule has 2 N–H and O–H groups in total. The molecule has 0 aliphatic carbocycles. The summed E-state index contributed by atoms with van der Waals surface area (Å²) in [6, 6.07) is 4.32. The Morgan fingerprint density at radius 1 is 1.40 bits per heavy atom. The molecule has 1 fully saturated rings. The summed E-state index contributed by atoms with van der Waals surface area (Å²) in [5.41, 5.74) is 0.121. The second kappa shape index (κ2) is 6.81. The third-order valence-corrected chi connectivity index (χ3v) is 3.78. The van der Waals surface area contributed by atoms with Gasteiger partial charge in [-0.1, -0.05) is 28.8 Å². The molecule has 6 nitrogen and oxygen atoms in total. The maximum Gasteiger partial charge on any atom is 0.293 e. The third-order valence-electron chi connectivity index (χ3n) is 3.29. The number of carbonyl (C=O) groups is 1. The van der Waals surface area contributed by atoms with Gasteiger partial charge in [0, 0.05) is 10.5 Å². The predicted octanol–water partition coefficient (Wildman–Crippen LogP) is 2.83. The van der Waals surface area contributed by atoms with Crippen LogP contribution < -0.4 is 10.6 Å². The molecule has 1 heterocycles. The van der Waals surface area contributed by atoms with Crippen LogP contribution in [0.2, 0.25) is 0 Å². The average molecular weight is 342 g/mol. The van der Waals surface area contributed by atoms with Crippen molar-refractivity contribution in [2.75, 3.05) is 11.9 Å². The number of nitrogens with zero attached hydrogens (tertiary/aromatic N) is 1. The smallest absolute Gasteiger partial charge is 0.293 e. The molecule has 2 rings (SSSR count). The fourth-order valence-electron chi connectivity index (χ4n) is 2.23. The molecule has 1 atom stereocenters. The van der Waals surface area contributed by atoms with Crippen molar-refractivity contribution in [3.63, 3.8) is 0 Å². The van der Waals surface area contributed by atoms with Crippen LogP contribution in [0.15, 0.2) is 22.7 Å². The van der Waals surface area contributed by atoms with Gasteiger partial charge >= 0.3 is 0 Å². The number of nitrogens with one attached hydrogen (secondary N) is 2. The van der Waals surface area contributed by atoms with E-state index in [1.807, 2.05) is 0 Å². The highest BCUT2D eigenvalue weighted by molar-refractivity contribution is 9.10. The Morgan fingerprint density at radius 3 is 2.95 bits per heavy atom. The number of nitro groups is 1. The molecule has 1 amide bonds. The van der Waals surface area contributed by atoms with Gasteiger partial charge in [0.25, 0.3) is 5.69 Å². The van der Waals surface area contributed by atoms with Crippen LogP contribution in [0.1, 0.15) is 25.7 Å². The first-order valence-electron chi connectivity index (χ1n) is 6.56. The molecule has 0 aromatic heterocycles. The summed E-state index contributed by atoms with van der Waals surface area (Å²) < 4.78 is 0.606. The van der Waals surface area contributed by atoms with Gasteiger partial charge in [0.15, 0.2) is 0 Å². The largest absolute Gasteiger partial charge is 0.319 e. The first kappa shape index (κ1) is 14.9. The van der Waals surface area contributed by atoms with Crippen molar-refractivity contribution in [2.24, 2.45) is 0 Å². The van der Waals surface area contributed by atoms with Gasteiger partial charge in [-0.2, -0.15) is 0 Å². The summed E-state index contributed by atoms with van der Waals surface area (Å²) in [5.74, 6) is -0.211. The van der Waals surface area contributed by atoms with E-state index in [1.54, 1.807) is 6.07 Å². The number of hydrogen-bond acceptors (Lipinski definition) is 4. The SMILES string of the molecule is O=C(Nc1ccc(Br)cc1[N+](=O)[O-])C1CCCCCN1. The number of benzene rings is 1. The molecule has 0 spiro atoms. The van der Waals surface area contributed by atoms with Gasteiger partial charge in [-0.25, -0.2) is 0 Å². The molecule has 7 heteroatoms. The van der Waals surface area contributed by atoms with Crippen molar-refractivity contribution in [3.05, 3.63) is 32.8 Å². The lowest BCUT2D eigenvalue weighted by molar-refractivity contribution is -0.384. The van der Waals surface area contributed by atoms with Crippen LogP contribution in [0.25, 0.3) is 0 Å². The number of carbonyl (C=O) groups excluding carboxylic acids is 1. The zero-order valence-corrected chi connectivity index (χ0v) is 12.5. The van der Waals surface area contributed by atoms with Gasteiger partial charge in [-0.05, 0) is 31.5 Å². The summed E-state index contributed by atoms with van der Waals surface area (Å²) >= 11 is 3.19. The van der Waals surface area contributed by atoms with Crippen LogP contribution in [-0.4, -0.2) is 23.4 Å². The Kier molecular flexibility index (Phi) is 5.08. The van der Waals surface area contributed by atoms with E-state index in [-0.39, 0.29) is 23.3 Å². The number of halogens is 1. The lowest BCUT2D eigenvalue weighted by atomic mass is 10.1. The standard InChI is InChI=1S/C13H16BrN3O3/c14-9-5-6-10(12(8-9)17(19)20)16-13(18)11-4-2-1-3-7-15-11/h5-6,8,11,15H,1-4,7H2,(H,16,18). The monoisotopic (exact) mass is 341 g/mol. The van der Waals surface area contributed by atoms with Crippen LogP contribution in [0, 0.1) is 10.1 Å². The highest BCUT2D eigenvalue weighted by Gasteiger charge is 2.22. The minimum Gasteiger partial charge on any atom is -0.319 e. The van der Waals surface area contributed by atoms with Gasteiger partial charge in [-0.15, -0.1) is 0 Å². The normalized spacial score (nSPS) is 19.1. The number of hydrogen-bond donors (Lipinski definition) is 2. The highest BCUT2D eigenvalue weighted by Crippen LogP contribution is 2.28. The Hall–Kier alpha value is -1.47. The summed E-state index contributed by atoms with van der Waals surface area (Å²) in [6.45, 7) is 0.806. The zero-order valence-electron chi connectivity index (χ0n) is 10.9. The second-order valence-electron chi connectivity index (χ2n) is 4.76. The maximum atomic E-state index is 12.2. The predicted molar refractivity (Wildman–Crippen MR) is 79.7 cm³/mol. The summed E-state index contributed by atoms with van der Waals surface area (Å²) in [5, 5.41) is 16.8. The van der Waals surface area contributed by atoms with Crippen LogP contribution in [0.3, 0.4) is 0 Å². The Morgan fingerprint density at radius 2 is 2.20 bits per heavy atom. The molecule has 0 bridgehead atoms. The summed E-state index contributed by atoms with van der Waals surface area (Å²) in [7, 11) is 0. The van der Waals surface area contributed by atoms with Crippen molar-refractivity contribution in [2.45, 2.75) is 31.7 Å². The second-order valence-corrected chi connectivity index (χ2v) is 5.68. The average Bonchev–Trinajstić information content (AvgIpc) is 2.69. The molecule has 1 aliphatic heterocycles. The van der Waals surface area contributed by atoms with Gasteiger partial charge < -0.3 is 10.6 Å². The summed E-state index contributed by atoms with van der Waals surface area (Å²) in [4.78, 5) is 22.7. The Labute approximate surface area is 125 Å². The molecular weight excluding hydrogens is 326 g/mol. The first-order valence-corrected chi connectivity index (χ1v) is 7.35. The van der Waals surface area contributed by atoms with Crippen LogP contribution in [-0.2, 0) is 4.79 Å². The molecule has 1 aliphatic rings. The first-order chi connectivity index (χ1) is 9.58. The van der Waals surface area contributed by atoms with Crippen molar-refractivity contribution in [3.8, 4) is 0 Å². The van der Waals surface area contributed by atoms with Crippen LogP contribution >= 0.6 is 15.9 Å². The van der Waals surface area contributed by atoms with Gasteiger partial charge in [0.1, 0.15) is 5.69 Å². The molecule has 0 radical (unpaired) electrons. The minimum absolute atomic E-state index is 0.110. The lowest BCUT2D eigenvalue weighted by Gasteiger charge is -2.15. The van der Waals surface area contributed by atoms with Gasteiger partial charge in [0.2, 0.25) is 5.91 Å². The fourth-order valence-corrected chi connectivity index (χ4v) is 2.58. The molecule has 1 saturated heterocycles. The van der Waals surface area contributed by atoms with E-state index in [4.69, 9.17) is 0 Å². The van der Waals surface area contributed by atoms with E-state index < -0.39 is 4.92 Å². The highest BCUT2D eigenvalue weighted by atomic mass is 79.9. The molecule has 1 unspecified atom stereocenters. The molecule has 20 heavy (non-hydrogen) atoms. The molecule has 1 aromatic carbocycles. The van der Waals surface area contributed by atoms with Crippen molar-refractivity contribution in [1.82, 2.24) is 5.32 Å². The van der Waals surface area contributed by atoms with Crippen molar-refractivity contribution in [1.29, 1.82) is 0 Å². The topological polar surface area (TPSA) is 84.3 Å². The van der Waals surface area contributed by atoms with Gasteiger partial charge in [0.05, 0.1) is 11.0 Å². The fraction of sp³-hybridized carbons (Fsp3) is 0.462. The number of amides is 1. The van der Waals surface area contributed by atoms with E-state index >= 15 is 0 Å². The number of nitro benzene ring substituents is 1. The van der Waals surface area contributed by atoms with Crippen LogP contribution in [0.5, 0.6) is 0 Å². The molecule has 0 saturated carbocycles. The summed E-state index contributed by atoms with van der Waals surface area (Å²) in [6.07, 6.45) is 3.92. The quantitative estimate of drug-likeness (QED) is 0.653.